The lowest BCUT2D eigenvalue weighted by Gasteiger charge is -2.22. The molecule has 3 heterocycles. The molecule has 2 unspecified atom stereocenters. The van der Waals surface area contributed by atoms with Gasteiger partial charge in [0, 0.05) is 18.5 Å². The van der Waals surface area contributed by atoms with Crippen molar-refractivity contribution >= 4 is 27.4 Å². The highest BCUT2D eigenvalue weighted by molar-refractivity contribution is 7.17. The summed E-state index contributed by atoms with van der Waals surface area (Å²) in [6, 6.07) is 13.4. The van der Waals surface area contributed by atoms with Gasteiger partial charge in [-0.3, -0.25) is 0 Å². The van der Waals surface area contributed by atoms with Crippen molar-refractivity contribution in [3.8, 4) is 0 Å². The van der Waals surface area contributed by atoms with Crippen molar-refractivity contribution in [2.75, 3.05) is 11.4 Å². The fourth-order valence-electron chi connectivity index (χ4n) is 3.27. The van der Waals surface area contributed by atoms with E-state index < -0.39 is 0 Å². The van der Waals surface area contributed by atoms with Gasteiger partial charge in [-0.1, -0.05) is 30.3 Å². The van der Waals surface area contributed by atoms with Crippen molar-refractivity contribution in [1.29, 1.82) is 0 Å². The SMILES string of the molecule is CC1CC(c2ccccc2)CN1c1ncnc2ccsc12. The zero-order chi connectivity index (χ0) is 14.2. The highest BCUT2D eigenvalue weighted by atomic mass is 32.1. The van der Waals surface area contributed by atoms with Crippen LogP contribution in [0.1, 0.15) is 24.8 Å². The first-order valence-electron chi connectivity index (χ1n) is 7.32. The Hall–Kier alpha value is -1.94. The van der Waals surface area contributed by atoms with Crippen molar-refractivity contribution < 1.29 is 0 Å². The van der Waals surface area contributed by atoms with Crippen molar-refractivity contribution in [1.82, 2.24) is 9.97 Å². The molecule has 21 heavy (non-hydrogen) atoms. The van der Waals surface area contributed by atoms with E-state index in [2.05, 4.69) is 63.6 Å². The van der Waals surface area contributed by atoms with Crippen LogP contribution in [0.5, 0.6) is 0 Å². The maximum atomic E-state index is 4.56. The smallest absolute Gasteiger partial charge is 0.150 e. The summed E-state index contributed by atoms with van der Waals surface area (Å²) in [5.41, 5.74) is 2.49. The molecule has 1 aromatic carbocycles. The van der Waals surface area contributed by atoms with Gasteiger partial charge in [-0.2, -0.15) is 0 Å². The molecule has 0 bridgehead atoms. The third-order valence-electron chi connectivity index (χ3n) is 4.34. The first kappa shape index (κ1) is 12.8. The highest BCUT2D eigenvalue weighted by Gasteiger charge is 2.31. The van der Waals surface area contributed by atoms with Gasteiger partial charge in [-0.05, 0) is 30.4 Å². The van der Waals surface area contributed by atoms with Crippen LogP contribution in [-0.2, 0) is 0 Å². The van der Waals surface area contributed by atoms with Crippen LogP contribution >= 0.6 is 11.3 Å². The Balaban J connectivity index is 1.69. The maximum Gasteiger partial charge on any atom is 0.150 e. The lowest BCUT2D eigenvalue weighted by molar-refractivity contribution is 0.697. The van der Waals surface area contributed by atoms with Crippen LogP contribution < -0.4 is 4.90 Å². The minimum Gasteiger partial charge on any atom is -0.352 e. The Labute approximate surface area is 128 Å². The van der Waals surface area contributed by atoms with Crippen molar-refractivity contribution in [3.05, 3.63) is 53.7 Å². The average molecular weight is 295 g/mol. The first-order valence-corrected chi connectivity index (χ1v) is 8.20. The molecule has 4 rings (SSSR count). The Kier molecular flexibility index (Phi) is 3.11. The Bertz CT molecular complexity index is 753. The summed E-state index contributed by atoms with van der Waals surface area (Å²) in [6.07, 6.45) is 2.87. The number of benzene rings is 1. The summed E-state index contributed by atoms with van der Waals surface area (Å²) in [6.45, 7) is 3.33. The lowest BCUT2D eigenvalue weighted by atomic mass is 9.97. The van der Waals surface area contributed by atoms with Gasteiger partial charge >= 0.3 is 0 Å². The molecule has 0 spiro atoms. The van der Waals surface area contributed by atoms with E-state index in [4.69, 9.17) is 0 Å². The molecule has 4 heteroatoms. The molecular weight excluding hydrogens is 278 g/mol. The molecule has 0 radical (unpaired) electrons. The maximum absolute atomic E-state index is 4.56. The quantitative estimate of drug-likeness (QED) is 0.713. The number of fused-ring (bicyclic) bond motifs is 1. The Morgan fingerprint density at radius 3 is 2.86 bits per heavy atom. The molecule has 2 atom stereocenters. The molecule has 1 aliphatic rings. The molecule has 106 valence electrons. The fourth-order valence-corrected chi connectivity index (χ4v) is 4.12. The summed E-state index contributed by atoms with van der Waals surface area (Å²) >= 11 is 1.73. The van der Waals surface area contributed by atoms with Gasteiger partial charge in [-0.25, -0.2) is 9.97 Å². The first-order chi connectivity index (χ1) is 10.3. The summed E-state index contributed by atoms with van der Waals surface area (Å²) in [4.78, 5) is 11.4. The van der Waals surface area contributed by atoms with Crippen LogP contribution in [-0.4, -0.2) is 22.6 Å². The molecule has 0 aliphatic carbocycles. The number of anilines is 1. The summed E-state index contributed by atoms with van der Waals surface area (Å²) in [5.74, 6) is 1.69. The van der Waals surface area contributed by atoms with Gasteiger partial charge in [0.1, 0.15) is 12.1 Å². The van der Waals surface area contributed by atoms with Crippen molar-refractivity contribution in [3.63, 3.8) is 0 Å². The van der Waals surface area contributed by atoms with Crippen molar-refractivity contribution in [2.24, 2.45) is 0 Å². The topological polar surface area (TPSA) is 29.0 Å². The minimum atomic E-state index is 0.510. The van der Waals surface area contributed by atoms with Gasteiger partial charge < -0.3 is 4.90 Å². The molecule has 0 amide bonds. The van der Waals surface area contributed by atoms with E-state index in [-0.39, 0.29) is 0 Å². The number of hydrogen-bond donors (Lipinski definition) is 0. The predicted octanol–water partition coefficient (Wildman–Crippen LogP) is 4.07. The second kappa shape index (κ2) is 5.11. The zero-order valence-corrected chi connectivity index (χ0v) is 12.8. The summed E-state index contributed by atoms with van der Waals surface area (Å²) in [5, 5.41) is 2.10. The number of hydrogen-bond acceptors (Lipinski definition) is 4. The molecule has 1 saturated heterocycles. The van der Waals surface area contributed by atoms with E-state index in [0.29, 0.717) is 12.0 Å². The van der Waals surface area contributed by atoms with Crippen LogP contribution in [0.25, 0.3) is 10.2 Å². The Morgan fingerprint density at radius 2 is 2.00 bits per heavy atom. The number of nitrogens with zero attached hydrogens (tertiary/aromatic N) is 3. The van der Waals surface area contributed by atoms with Gasteiger partial charge in [-0.15, -0.1) is 11.3 Å². The molecule has 2 aromatic heterocycles. The van der Waals surface area contributed by atoms with Crippen LogP contribution in [0.3, 0.4) is 0 Å². The number of thiophene rings is 1. The number of aromatic nitrogens is 2. The van der Waals surface area contributed by atoms with Crippen LogP contribution in [0.2, 0.25) is 0 Å². The van der Waals surface area contributed by atoms with E-state index in [0.717, 1.165) is 17.9 Å². The fraction of sp³-hybridized carbons (Fsp3) is 0.294. The summed E-state index contributed by atoms with van der Waals surface area (Å²) < 4.78 is 1.21. The van der Waals surface area contributed by atoms with E-state index in [1.807, 2.05) is 0 Å². The van der Waals surface area contributed by atoms with E-state index in [9.17, 15) is 0 Å². The second-order valence-corrected chi connectivity index (χ2v) is 6.59. The lowest BCUT2D eigenvalue weighted by Crippen LogP contribution is -2.27. The average Bonchev–Trinajstić information content (AvgIpc) is 3.14. The van der Waals surface area contributed by atoms with E-state index in [1.165, 1.54) is 16.7 Å². The van der Waals surface area contributed by atoms with Crippen LogP contribution in [0.4, 0.5) is 5.82 Å². The second-order valence-electron chi connectivity index (χ2n) is 5.68. The van der Waals surface area contributed by atoms with Crippen LogP contribution in [0.15, 0.2) is 48.1 Å². The molecule has 3 nitrogen and oxygen atoms in total. The molecule has 0 saturated carbocycles. The normalized spacial score (nSPS) is 22.0. The standard InChI is InChI=1S/C17H17N3S/c1-12-9-14(13-5-3-2-4-6-13)10-20(12)17-16-15(7-8-21-16)18-11-19-17/h2-8,11-12,14H,9-10H2,1H3. The molecular formula is C17H17N3S. The van der Waals surface area contributed by atoms with Gasteiger partial charge in [0.05, 0.1) is 10.2 Å². The van der Waals surface area contributed by atoms with E-state index in [1.54, 1.807) is 17.7 Å². The number of rotatable bonds is 2. The van der Waals surface area contributed by atoms with E-state index >= 15 is 0 Å². The summed E-state index contributed by atoms with van der Waals surface area (Å²) in [7, 11) is 0. The highest BCUT2D eigenvalue weighted by Crippen LogP contribution is 2.37. The monoisotopic (exact) mass is 295 g/mol. The minimum absolute atomic E-state index is 0.510. The van der Waals surface area contributed by atoms with Crippen molar-refractivity contribution in [2.45, 2.75) is 25.3 Å². The predicted molar refractivity (Wildman–Crippen MR) is 88.0 cm³/mol. The van der Waals surface area contributed by atoms with Gasteiger partial charge in [0.2, 0.25) is 0 Å². The Morgan fingerprint density at radius 1 is 1.14 bits per heavy atom. The van der Waals surface area contributed by atoms with Crippen LogP contribution in [0, 0.1) is 0 Å². The third kappa shape index (κ3) is 2.20. The molecule has 1 aliphatic heterocycles. The molecule has 1 fully saturated rings. The van der Waals surface area contributed by atoms with Gasteiger partial charge in [0.25, 0.3) is 0 Å². The third-order valence-corrected chi connectivity index (χ3v) is 5.24. The largest absolute Gasteiger partial charge is 0.352 e. The zero-order valence-electron chi connectivity index (χ0n) is 11.9. The molecule has 3 aromatic rings. The molecule has 0 N–H and O–H groups in total. The van der Waals surface area contributed by atoms with Gasteiger partial charge in [0.15, 0.2) is 0 Å².